The van der Waals surface area contributed by atoms with Crippen LogP contribution in [0, 0.1) is 0 Å². The lowest BCUT2D eigenvalue weighted by Gasteiger charge is -2.13. The topological polar surface area (TPSA) is 46.5 Å². The fourth-order valence-electron chi connectivity index (χ4n) is 1.33. The van der Waals surface area contributed by atoms with Crippen molar-refractivity contribution >= 4 is 30.4 Å². The third-order valence-corrected chi connectivity index (χ3v) is 5.78. The van der Waals surface area contributed by atoms with Gasteiger partial charge in [-0.3, -0.25) is 0 Å². The Kier molecular flexibility index (Phi) is 5.69. The van der Waals surface area contributed by atoms with Crippen molar-refractivity contribution in [3.63, 3.8) is 0 Å². The minimum atomic E-state index is -3.32. The molecule has 0 aliphatic rings. The summed E-state index contributed by atoms with van der Waals surface area (Å²) in [5, 5.41) is 0. The van der Waals surface area contributed by atoms with Crippen molar-refractivity contribution in [2.24, 2.45) is 4.40 Å². The van der Waals surface area contributed by atoms with Crippen LogP contribution in [-0.2, 0) is 10.0 Å². The Hall–Kier alpha value is -1.20. The van der Waals surface area contributed by atoms with E-state index < -0.39 is 18.1 Å². The van der Waals surface area contributed by atoms with Gasteiger partial charge in [-0.1, -0.05) is 56.0 Å². The van der Waals surface area contributed by atoms with Gasteiger partial charge in [0.2, 0.25) is 0 Å². The second-order valence-corrected chi connectivity index (χ2v) is 13.0. The predicted molar refractivity (Wildman–Crippen MR) is 85.9 cm³/mol. The molecule has 0 bridgehead atoms. The summed E-state index contributed by atoms with van der Waals surface area (Å²) in [6, 6.07) is 10.4. The number of hydrogen-bond donors (Lipinski definition) is 0. The van der Waals surface area contributed by atoms with Gasteiger partial charge in [0.25, 0.3) is 10.0 Å². The van der Waals surface area contributed by atoms with Gasteiger partial charge in [-0.15, -0.1) is 0 Å². The molecule has 104 valence electrons. The van der Waals surface area contributed by atoms with Crippen LogP contribution in [0.2, 0.25) is 25.7 Å². The van der Waals surface area contributed by atoms with E-state index in [0.29, 0.717) is 0 Å². The molecule has 0 radical (unpaired) electrons. The van der Waals surface area contributed by atoms with E-state index in [1.54, 1.807) is 6.08 Å². The summed E-state index contributed by atoms with van der Waals surface area (Å²) in [7, 11) is -4.65. The van der Waals surface area contributed by atoms with E-state index in [4.69, 9.17) is 0 Å². The van der Waals surface area contributed by atoms with Crippen molar-refractivity contribution in [2.45, 2.75) is 25.7 Å². The first-order valence-corrected chi connectivity index (χ1v) is 11.6. The van der Waals surface area contributed by atoms with Crippen LogP contribution in [0.15, 0.2) is 40.8 Å². The highest BCUT2D eigenvalue weighted by Gasteiger charge is 2.17. The van der Waals surface area contributed by atoms with Gasteiger partial charge in [-0.05, 0) is 17.7 Å². The van der Waals surface area contributed by atoms with Gasteiger partial charge in [0, 0.05) is 14.3 Å². The van der Waals surface area contributed by atoms with Crippen molar-refractivity contribution < 1.29 is 8.42 Å². The smallest absolute Gasteiger partial charge is 0.205 e. The van der Waals surface area contributed by atoms with Gasteiger partial charge in [-0.25, -0.2) is 8.42 Å². The molecule has 1 rings (SSSR count). The average molecular weight is 295 g/mol. The Balaban J connectivity index is 2.54. The molecule has 0 aliphatic heterocycles. The second-order valence-electron chi connectivity index (χ2n) is 5.62. The molecule has 0 atom stereocenters. The van der Waals surface area contributed by atoms with Crippen LogP contribution in [0.5, 0.6) is 0 Å². The SMILES string of the molecule is C[Si](C)(C)CCS(=O)(=O)/N=C\C=C\c1ccccc1. The van der Waals surface area contributed by atoms with E-state index in [-0.39, 0.29) is 5.75 Å². The fraction of sp³-hybridized carbons (Fsp3) is 0.357. The molecule has 5 heteroatoms. The number of rotatable bonds is 6. The zero-order chi connectivity index (χ0) is 14.4. The number of allylic oxidation sites excluding steroid dienone is 1. The highest BCUT2D eigenvalue weighted by molar-refractivity contribution is 7.90. The summed E-state index contributed by atoms with van der Waals surface area (Å²) < 4.78 is 27.0. The predicted octanol–water partition coefficient (Wildman–Crippen LogP) is 3.44. The van der Waals surface area contributed by atoms with Crippen LogP contribution in [0.1, 0.15) is 5.56 Å². The summed E-state index contributed by atoms with van der Waals surface area (Å²) in [6.45, 7) is 6.46. The van der Waals surface area contributed by atoms with Crippen LogP contribution in [0.25, 0.3) is 6.08 Å². The summed E-state index contributed by atoms with van der Waals surface area (Å²) in [4.78, 5) is 0. The third kappa shape index (κ3) is 7.74. The largest absolute Gasteiger partial charge is 0.252 e. The van der Waals surface area contributed by atoms with E-state index in [9.17, 15) is 8.42 Å². The Bertz CT molecular complexity index is 543. The van der Waals surface area contributed by atoms with Crippen LogP contribution < -0.4 is 0 Å². The van der Waals surface area contributed by atoms with Crippen LogP contribution in [0.4, 0.5) is 0 Å². The molecule has 1 aromatic rings. The van der Waals surface area contributed by atoms with E-state index >= 15 is 0 Å². The number of hydrogen-bond acceptors (Lipinski definition) is 2. The first kappa shape index (κ1) is 15.9. The van der Waals surface area contributed by atoms with Crippen LogP contribution >= 0.6 is 0 Å². The van der Waals surface area contributed by atoms with Gasteiger partial charge in [0.1, 0.15) is 0 Å². The lowest BCUT2D eigenvalue weighted by molar-refractivity contribution is 0.599. The Morgan fingerprint density at radius 3 is 2.37 bits per heavy atom. The molecule has 0 saturated heterocycles. The fourth-order valence-corrected chi connectivity index (χ4v) is 5.18. The highest BCUT2D eigenvalue weighted by Crippen LogP contribution is 2.10. The average Bonchev–Trinajstić information content (AvgIpc) is 2.33. The van der Waals surface area contributed by atoms with Gasteiger partial charge in [-0.2, -0.15) is 4.40 Å². The van der Waals surface area contributed by atoms with E-state index in [1.807, 2.05) is 36.4 Å². The van der Waals surface area contributed by atoms with E-state index in [0.717, 1.165) is 11.6 Å². The maximum Gasteiger partial charge on any atom is 0.252 e. The molecule has 0 spiro atoms. The number of benzene rings is 1. The molecule has 0 saturated carbocycles. The number of nitrogens with zero attached hydrogens (tertiary/aromatic N) is 1. The molecule has 0 amide bonds. The normalized spacial score (nSPS) is 13.4. The summed E-state index contributed by atoms with van der Waals surface area (Å²) in [5.74, 6) is 0.151. The van der Waals surface area contributed by atoms with Gasteiger partial charge in [0.05, 0.1) is 5.75 Å². The second kappa shape index (κ2) is 6.82. The molecule has 19 heavy (non-hydrogen) atoms. The lowest BCUT2D eigenvalue weighted by Crippen LogP contribution is -2.23. The monoisotopic (exact) mass is 295 g/mol. The van der Waals surface area contributed by atoms with Crippen molar-refractivity contribution in [3.8, 4) is 0 Å². The Morgan fingerprint density at radius 2 is 1.79 bits per heavy atom. The number of sulfonamides is 1. The third-order valence-electron chi connectivity index (χ3n) is 2.51. The first-order chi connectivity index (χ1) is 8.79. The summed E-state index contributed by atoms with van der Waals surface area (Å²) in [5.41, 5.74) is 1.02. The first-order valence-electron chi connectivity index (χ1n) is 6.28. The molecule has 0 N–H and O–H groups in total. The van der Waals surface area contributed by atoms with Gasteiger partial charge in [0.15, 0.2) is 0 Å². The quantitative estimate of drug-likeness (QED) is 0.596. The maximum atomic E-state index is 11.7. The maximum absolute atomic E-state index is 11.7. The Morgan fingerprint density at radius 1 is 1.16 bits per heavy atom. The molecular weight excluding hydrogens is 274 g/mol. The van der Waals surface area contributed by atoms with Gasteiger partial charge < -0.3 is 0 Å². The molecular formula is C14H21NO2SSi. The van der Waals surface area contributed by atoms with Crippen LogP contribution in [0.3, 0.4) is 0 Å². The molecule has 0 heterocycles. The zero-order valence-electron chi connectivity index (χ0n) is 11.7. The standard InChI is InChI=1S/C14H21NO2SSi/c1-19(2,3)13-12-18(16,17)15-11-7-10-14-8-5-4-6-9-14/h4-11H,12-13H2,1-3H3/b10-7+,15-11-. The zero-order valence-corrected chi connectivity index (χ0v) is 13.5. The molecule has 0 unspecified atom stereocenters. The molecule has 1 aromatic carbocycles. The van der Waals surface area contributed by atoms with Crippen LogP contribution in [-0.4, -0.2) is 28.5 Å². The Labute approximate surface area is 117 Å². The summed E-state index contributed by atoms with van der Waals surface area (Å²) >= 11 is 0. The van der Waals surface area contributed by atoms with Gasteiger partial charge >= 0.3 is 0 Å². The lowest BCUT2D eigenvalue weighted by atomic mass is 10.2. The minimum absolute atomic E-state index is 0.151. The minimum Gasteiger partial charge on any atom is -0.205 e. The molecule has 3 nitrogen and oxygen atoms in total. The summed E-state index contributed by atoms with van der Waals surface area (Å²) in [6.07, 6.45) is 4.84. The van der Waals surface area contributed by atoms with E-state index in [1.165, 1.54) is 6.21 Å². The van der Waals surface area contributed by atoms with Crippen molar-refractivity contribution in [1.29, 1.82) is 0 Å². The molecule has 0 fully saturated rings. The van der Waals surface area contributed by atoms with Crippen molar-refractivity contribution in [1.82, 2.24) is 0 Å². The highest BCUT2D eigenvalue weighted by atomic mass is 32.2. The van der Waals surface area contributed by atoms with Crippen molar-refractivity contribution in [2.75, 3.05) is 5.75 Å². The molecule has 0 aromatic heterocycles. The van der Waals surface area contributed by atoms with Crippen molar-refractivity contribution in [3.05, 3.63) is 42.0 Å². The molecule has 0 aliphatic carbocycles. The van der Waals surface area contributed by atoms with E-state index in [2.05, 4.69) is 24.0 Å².